The molecular formula is C16H23IN4O2S. The Hall–Kier alpha value is -1.55. The molecule has 0 spiro atoms. The first kappa shape index (κ1) is 20.5. The van der Waals surface area contributed by atoms with E-state index in [9.17, 15) is 0 Å². The first-order valence-corrected chi connectivity index (χ1v) is 8.10. The van der Waals surface area contributed by atoms with Crippen molar-refractivity contribution in [2.45, 2.75) is 20.0 Å². The fourth-order valence-corrected chi connectivity index (χ4v) is 2.77. The number of aromatic nitrogens is 1. The highest BCUT2D eigenvalue weighted by molar-refractivity contribution is 14.0. The van der Waals surface area contributed by atoms with Crippen molar-refractivity contribution in [2.24, 2.45) is 4.99 Å². The summed E-state index contributed by atoms with van der Waals surface area (Å²) in [6, 6.07) is 5.84. The Bertz CT molecular complexity index is 676. The maximum Gasteiger partial charge on any atom is 0.191 e. The zero-order valence-electron chi connectivity index (χ0n) is 14.3. The first-order valence-electron chi connectivity index (χ1n) is 7.22. The van der Waals surface area contributed by atoms with Gasteiger partial charge in [0.1, 0.15) is 0 Å². The summed E-state index contributed by atoms with van der Waals surface area (Å²) < 4.78 is 10.6. The van der Waals surface area contributed by atoms with Crippen molar-refractivity contribution in [1.29, 1.82) is 0 Å². The van der Waals surface area contributed by atoms with E-state index >= 15 is 0 Å². The average Bonchev–Trinajstić information content (AvgIpc) is 2.99. The van der Waals surface area contributed by atoms with Gasteiger partial charge in [-0.15, -0.1) is 35.3 Å². The number of thiazole rings is 1. The van der Waals surface area contributed by atoms with Crippen molar-refractivity contribution in [3.8, 4) is 11.5 Å². The zero-order chi connectivity index (χ0) is 16.7. The van der Waals surface area contributed by atoms with Gasteiger partial charge in [0.25, 0.3) is 0 Å². The third-order valence-corrected chi connectivity index (χ3v) is 4.33. The molecular weight excluding hydrogens is 439 g/mol. The molecule has 0 fully saturated rings. The molecule has 6 nitrogen and oxygen atoms in total. The zero-order valence-corrected chi connectivity index (χ0v) is 17.4. The number of benzene rings is 1. The molecule has 132 valence electrons. The number of hydrogen-bond donors (Lipinski definition) is 2. The maximum atomic E-state index is 5.32. The first-order chi connectivity index (χ1) is 11.2. The predicted octanol–water partition coefficient (Wildman–Crippen LogP) is 2.95. The predicted molar refractivity (Wildman–Crippen MR) is 109 cm³/mol. The van der Waals surface area contributed by atoms with Crippen molar-refractivity contribution < 1.29 is 9.47 Å². The highest BCUT2D eigenvalue weighted by Gasteiger charge is 2.06. The van der Waals surface area contributed by atoms with Gasteiger partial charge in [0.15, 0.2) is 17.5 Å². The van der Waals surface area contributed by atoms with Gasteiger partial charge in [-0.2, -0.15) is 0 Å². The number of hydrogen-bond acceptors (Lipinski definition) is 5. The fourth-order valence-electron chi connectivity index (χ4n) is 2.06. The van der Waals surface area contributed by atoms with Crippen LogP contribution in [-0.4, -0.2) is 32.2 Å². The lowest BCUT2D eigenvalue weighted by Gasteiger charge is -2.13. The number of rotatable bonds is 6. The van der Waals surface area contributed by atoms with Gasteiger partial charge >= 0.3 is 0 Å². The smallest absolute Gasteiger partial charge is 0.191 e. The van der Waals surface area contributed by atoms with Crippen LogP contribution in [0, 0.1) is 6.92 Å². The summed E-state index contributed by atoms with van der Waals surface area (Å²) in [4.78, 5) is 9.68. The molecule has 0 atom stereocenters. The molecule has 2 N–H and O–H groups in total. The SMILES string of the molecule is CN=C(NCc1ccc(OC)c(OC)c1)NCc1scnc1C.I. The van der Waals surface area contributed by atoms with Crippen LogP contribution in [-0.2, 0) is 13.1 Å². The number of nitrogens with zero attached hydrogens (tertiary/aromatic N) is 2. The Labute approximate surface area is 163 Å². The van der Waals surface area contributed by atoms with Crippen molar-refractivity contribution in [3.05, 3.63) is 39.8 Å². The third-order valence-electron chi connectivity index (χ3n) is 3.39. The van der Waals surface area contributed by atoms with Gasteiger partial charge < -0.3 is 20.1 Å². The van der Waals surface area contributed by atoms with Gasteiger partial charge in [-0.1, -0.05) is 6.07 Å². The van der Waals surface area contributed by atoms with E-state index in [1.54, 1.807) is 32.6 Å². The third kappa shape index (κ3) is 5.52. The molecule has 0 bridgehead atoms. The molecule has 24 heavy (non-hydrogen) atoms. The number of aryl methyl sites for hydroxylation is 1. The molecule has 0 aliphatic carbocycles. The van der Waals surface area contributed by atoms with E-state index in [4.69, 9.17) is 9.47 Å². The summed E-state index contributed by atoms with van der Waals surface area (Å²) >= 11 is 1.64. The number of ether oxygens (including phenoxy) is 2. The van der Waals surface area contributed by atoms with E-state index in [1.165, 1.54) is 4.88 Å². The normalized spacial score (nSPS) is 10.8. The lowest BCUT2D eigenvalue weighted by Crippen LogP contribution is -2.36. The maximum absolute atomic E-state index is 5.32. The molecule has 2 aromatic rings. The van der Waals surface area contributed by atoms with Gasteiger partial charge in [0, 0.05) is 18.5 Å². The van der Waals surface area contributed by atoms with Gasteiger partial charge in [0.05, 0.1) is 32.0 Å². The fraction of sp³-hybridized carbons (Fsp3) is 0.375. The van der Waals surface area contributed by atoms with Gasteiger partial charge in [-0.05, 0) is 24.6 Å². The minimum absolute atomic E-state index is 0. The van der Waals surface area contributed by atoms with Crippen LogP contribution in [0.25, 0.3) is 0 Å². The van der Waals surface area contributed by atoms with E-state index in [1.807, 2.05) is 30.6 Å². The molecule has 1 aromatic heterocycles. The largest absolute Gasteiger partial charge is 0.493 e. The standard InChI is InChI=1S/C16H22N4O2S.HI/c1-11-15(23-10-20-11)9-19-16(17-2)18-8-12-5-6-13(21-3)14(7-12)22-4;/h5-7,10H,8-9H2,1-4H3,(H2,17,18,19);1H. The van der Waals surface area contributed by atoms with Gasteiger partial charge in [-0.25, -0.2) is 4.98 Å². The van der Waals surface area contributed by atoms with Crippen LogP contribution in [0.3, 0.4) is 0 Å². The molecule has 0 aliphatic heterocycles. The van der Waals surface area contributed by atoms with Crippen LogP contribution < -0.4 is 20.1 Å². The summed E-state index contributed by atoms with van der Waals surface area (Å²) in [5.74, 6) is 2.18. The monoisotopic (exact) mass is 462 g/mol. The number of guanidine groups is 1. The second-order valence-corrected chi connectivity index (χ2v) is 5.77. The summed E-state index contributed by atoms with van der Waals surface area (Å²) in [6.07, 6.45) is 0. The van der Waals surface area contributed by atoms with Crippen molar-refractivity contribution in [2.75, 3.05) is 21.3 Å². The highest BCUT2D eigenvalue weighted by Crippen LogP contribution is 2.27. The molecule has 1 heterocycles. The molecule has 0 unspecified atom stereocenters. The van der Waals surface area contributed by atoms with Crippen LogP contribution in [0.5, 0.6) is 11.5 Å². The van der Waals surface area contributed by atoms with Crippen molar-refractivity contribution >= 4 is 41.3 Å². The Balaban J connectivity index is 0.00000288. The molecule has 0 saturated carbocycles. The van der Waals surface area contributed by atoms with Crippen molar-refractivity contribution in [3.63, 3.8) is 0 Å². The van der Waals surface area contributed by atoms with Crippen molar-refractivity contribution in [1.82, 2.24) is 15.6 Å². The number of aliphatic imine (C=N–C) groups is 1. The topological polar surface area (TPSA) is 67.8 Å². The second kappa shape index (κ2) is 10.3. The van der Waals surface area contributed by atoms with Gasteiger partial charge in [-0.3, -0.25) is 4.99 Å². The summed E-state index contributed by atoms with van der Waals surface area (Å²) in [7, 11) is 5.01. The van der Waals surface area contributed by atoms with E-state index < -0.39 is 0 Å². The Morgan fingerprint density at radius 2 is 1.88 bits per heavy atom. The number of methoxy groups -OCH3 is 2. The quantitative estimate of drug-likeness (QED) is 0.393. The summed E-state index contributed by atoms with van der Waals surface area (Å²) in [5.41, 5.74) is 3.99. The van der Waals surface area contributed by atoms with E-state index in [0.717, 1.165) is 28.7 Å². The minimum Gasteiger partial charge on any atom is -0.493 e. The number of halogens is 1. The molecule has 2 rings (SSSR count). The van der Waals surface area contributed by atoms with E-state index in [0.29, 0.717) is 13.1 Å². The molecule has 0 saturated heterocycles. The summed E-state index contributed by atoms with van der Waals surface area (Å²) in [6.45, 7) is 3.36. The van der Waals surface area contributed by atoms with Crippen LogP contribution in [0.4, 0.5) is 0 Å². The average molecular weight is 462 g/mol. The van der Waals surface area contributed by atoms with E-state index in [-0.39, 0.29) is 24.0 Å². The highest BCUT2D eigenvalue weighted by atomic mass is 127. The van der Waals surface area contributed by atoms with Crippen LogP contribution in [0.1, 0.15) is 16.1 Å². The molecule has 0 aliphatic rings. The molecule has 1 aromatic carbocycles. The Morgan fingerprint density at radius 3 is 2.46 bits per heavy atom. The number of nitrogens with one attached hydrogen (secondary N) is 2. The lowest BCUT2D eigenvalue weighted by molar-refractivity contribution is 0.354. The molecule has 0 radical (unpaired) electrons. The lowest BCUT2D eigenvalue weighted by atomic mass is 10.2. The van der Waals surface area contributed by atoms with Crippen LogP contribution >= 0.6 is 35.3 Å². The second-order valence-electron chi connectivity index (χ2n) is 4.83. The van der Waals surface area contributed by atoms with Gasteiger partial charge in [0.2, 0.25) is 0 Å². The molecule has 8 heteroatoms. The molecule has 0 amide bonds. The van der Waals surface area contributed by atoms with Crippen LogP contribution in [0.2, 0.25) is 0 Å². The summed E-state index contributed by atoms with van der Waals surface area (Å²) in [5, 5.41) is 6.57. The Kier molecular flexibility index (Phi) is 8.83. The van der Waals surface area contributed by atoms with Crippen LogP contribution in [0.15, 0.2) is 28.7 Å². The minimum atomic E-state index is 0. The van der Waals surface area contributed by atoms with E-state index in [2.05, 4.69) is 20.6 Å². The Morgan fingerprint density at radius 1 is 1.17 bits per heavy atom.